The summed E-state index contributed by atoms with van der Waals surface area (Å²) in [6, 6.07) is 60.4. The Morgan fingerprint density at radius 2 is 1.02 bits per heavy atom. The highest BCUT2D eigenvalue weighted by Crippen LogP contribution is 2.48. The zero-order chi connectivity index (χ0) is 35.8. The van der Waals surface area contributed by atoms with E-state index in [2.05, 4.69) is 179 Å². The number of rotatable bonds is 4. The first-order valence-corrected chi connectivity index (χ1v) is 18.7. The third-order valence-electron chi connectivity index (χ3n) is 11.7. The van der Waals surface area contributed by atoms with E-state index in [9.17, 15) is 0 Å². The molecular weight excluding hydrogens is 673 g/mol. The van der Waals surface area contributed by atoms with E-state index < -0.39 is 0 Å². The molecule has 13 aromatic rings. The van der Waals surface area contributed by atoms with Crippen LogP contribution in [0, 0.1) is 0 Å². The van der Waals surface area contributed by atoms with Crippen molar-refractivity contribution in [3.05, 3.63) is 170 Å². The Morgan fingerprint density at radius 3 is 1.91 bits per heavy atom. The summed E-state index contributed by atoms with van der Waals surface area (Å²) >= 11 is 0. The predicted molar refractivity (Wildman–Crippen MR) is 226 cm³/mol. The van der Waals surface area contributed by atoms with Crippen LogP contribution < -0.4 is 0 Å². The second-order valence-electron chi connectivity index (χ2n) is 14.5. The first-order chi connectivity index (χ1) is 27.3. The van der Waals surface area contributed by atoms with Gasteiger partial charge in [-0.2, -0.15) is 0 Å². The average Bonchev–Trinajstić information content (AvgIpc) is 3.88. The van der Waals surface area contributed by atoms with Crippen LogP contribution in [0.3, 0.4) is 0 Å². The highest BCUT2D eigenvalue weighted by atomic mass is 16.3. The summed E-state index contributed by atoms with van der Waals surface area (Å²) in [7, 11) is 0. The van der Waals surface area contributed by atoms with Crippen LogP contribution >= 0.6 is 0 Å². The fourth-order valence-electron chi connectivity index (χ4n) is 9.30. The van der Waals surface area contributed by atoms with Gasteiger partial charge >= 0.3 is 0 Å². The third kappa shape index (κ3) is 3.86. The normalized spacial score (nSPS) is 12.4. The maximum Gasteiger partial charge on any atom is 0.235 e. The molecule has 0 aliphatic rings. The van der Waals surface area contributed by atoms with Crippen molar-refractivity contribution in [1.29, 1.82) is 0 Å². The van der Waals surface area contributed by atoms with Gasteiger partial charge in [0.1, 0.15) is 11.2 Å². The van der Waals surface area contributed by atoms with Crippen molar-refractivity contribution >= 4 is 82.0 Å². The summed E-state index contributed by atoms with van der Waals surface area (Å²) < 4.78 is 11.3. The molecule has 0 aliphatic carbocycles. The Kier molecular flexibility index (Phi) is 5.57. The van der Waals surface area contributed by atoms with E-state index >= 15 is 0 Å². The van der Waals surface area contributed by atoms with Crippen LogP contribution in [-0.2, 0) is 0 Å². The van der Waals surface area contributed by atoms with Crippen molar-refractivity contribution in [2.75, 3.05) is 0 Å². The molecule has 8 aromatic carbocycles. The predicted octanol–water partition coefficient (Wildman–Crippen LogP) is 13.1. The Hall–Kier alpha value is -7.50. The molecule has 0 atom stereocenters. The van der Waals surface area contributed by atoms with Crippen molar-refractivity contribution in [2.45, 2.75) is 0 Å². The first-order valence-electron chi connectivity index (χ1n) is 18.7. The molecule has 0 spiro atoms. The van der Waals surface area contributed by atoms with Gasteiger partial charge in [0.2, 0.25) is 5.95 Å². The van der Waals surface area contributed by atoms with Gasteiger partial charge in [-0.3, -0.25) is 4.57 Å². The van der Waals surface area contributed by atoms with Crippen LogP contribution in [0.25, 0.3) is 121 Å². The van der Waals surface area contributed by atoms with Crippen LogP contribution in [0.15, 0.2) is 174 Å². The van der Waals surface area contributed by atoms with Gasteiger partial charge in [-0.1, -0.05) is 115 Å². The minimum Gasteiger partial charge on any atom is -0.456 e. The molecule has 0 saturated carbocycles. The second kappa shape index (κ2) is 10.6. The zero-order valence-electron chi connectivity index (χ0n) is 29.4. The number of para-hydroxylation sites is 2. The van der Waals surface area contributed by atoms with E-state index in [1.54, 1.807) is 0 Å². The minimum atomic E-state index is 0.638. The maximum absolute atomic E-state index is 6.61. The molecule has 0 fully saturated rings. The maximum atomic E-state index is 6.61. The summed E-state index contributed by atoms with van der Waals surface area (Å²) in [5, 5.41) is 8.11. The molecule has 5 aromatic heterocycles. The molecule has 0 saturated heterocycles. The van der Waals surface area contributed by atoms with Crippen LogP contribution in [0.2, 0.25) is 0 Å². The van der Waals surface area contributed by atoms with Gasteiger partial charge in [-0.05, 0) is 76.9 Å². The van der Waals surface area contributed by atoms with Gasteiger partial charge in [-0.25, -0.2) is 9.97 Å². The van der Waals surface area contributed by atoms with Gasteiger partial charge in [0.15, 0.2) is 0 Å². The fraction of sp³-hybridized carbons (Fsp3) is 0. The van der Waals surface area contributed by atoms with E-state index in [0.29, 0.717) is 5.95 Å². The van der Waals surface area contributed by atoms with Crippen molar-refractivity contribution in [2.24, 2.45) is 0 Å². The lowest BCUT2D eigenvalue weighted by atomic mass is 9.97. The highest BCUT2D eigenvalue weighted by molar-refractivity contribution is 6.37. The van der Waals surface area contributed by atoms with E-state index in [4.69, 9.17) is 14.4 Å². The average molecular weight is 701 g/mol. The van der Waals surface area contributed by atoms with Crippen molar-refractivity contribution < 1.29 is 4.42 Å². The topological polar surface area (TPSA) is 48.3 Å². The SMILES string of the molecule is c1ccc(-c2ccc(-c3cccc(-c4nc(-n5c6ccc7oc8ccc9c%10ccccc%10n%10c%11cccc5c%11c6c7c8c9%10)nc5ccccc45)c3)cc2)cc1. The molecule has 5 nitrogen and oxygen atoms in total. The lowest BCUT2D eigenvalue weighted by molar-refractivity contribution is 0.669. The third-order valence-corrected chi connectivity index (χ3v) is 11.7. The van der Waals surface area contributed by atoms with Crippen molar-refractivity contribution in [3.8, 4) is 39.5 Å². The quantitative estimate of drug-likeness (QED) is 0.184. The van der Waals surface area contributed by atoms with E-state index in [0.717, 1.165) is 71.8 Å². The van der Waals surface area contributed by atoms with Gasteiger partial charge in [0.05, 0.1) is 44.2 Å². The van der Waals surface area contributed by atoms with Crippen LogP contribution in [0.5, 0.6) is 0 Å². The Morgan fingerprint density at radius 1 is 0.382 bits per heavy atom. The molecule has 0 N–H and O–H groups in total. The Balaban J connectivity index is 1.08. The summed E-state index contributed by atoms with van der Waals surface area (Å²) in [6.07, 6.45) is 0. The van der Waals surface area contributed by atoms with Gasteiger partial charge in [0.25, 0.3) is 0 Å². The summed E-state index contributed by atoms with van der Waals surface area (Å²) in [4.78, 5) is 10.8. The number of hydrogen-bond acceptors (Lipinski definition) is 3. The monoisotopic (exact) mass is 700 g/mol. The van der Waals surface area contributed by atoms with Gasteiger partial charge in [-0.15, -0.1) is 0 Å². The summed E-state index contributed by atoms with van der Waals surface area (Å²) in [5.74, 6) is 0.638. The largest absolute Gasteiger partial charge is 0.456 e. The van der Waals surface area contributed by atoms with Gasteiger partial charge < -0.3 is 8.82 Å². The molecule has 0 unspecified atom stereocenters. The molecule has 55 heavy (non-hydrogen) atoms. The lowest BCUT2D eigenvalue weighted by Crippen LogP contribution is -2.03. The standard InChI is InChI=1S/C50H28N4O/c1-2-10-29(11-3-1)30-20-22-31(23-21-30)32-12-8-13-33(28-32)48-36-15-4-6-16-37(36)51-50(52-48)54-40-19-9-18-39-44(40)45-41(54)25-27-42-46(45)47-43(55-42)26-24-35-34-14-5-7-17-38(34)53(39)49(35)47/h1-28H. The highest BCUT2D eigenvalue weighted by Gasteiger charge is 2.27. The first kappa shape index (κ1) is 29.0. The second-order valence-corrected chi connectivity index (χ2v) is 14.5. The molecule has 5 heteroatoms. The molecule has 254 valence electrons. The number of benzene rings is 8. The number of nitrogens with zero attached hydrogens (tertiary/aromatic N) is 4. The molecule has 0 amide bonds. The van der Waals surface area contributed by atoms with Crippen LogP contribution in [0.1, 0.15) is 0 Å². The Labute approximate surface area is 313 Å². The zero-order valence-corrected chi connectivity index (χ0v) is 29.4. The molecular formula is C50H28N4O. The number of furan rings is 1. The number of aromatic nitrogens is 4. The Bertz CT molecular complexity index is 3650. The lowest BCUT2D eigenvalue weighted by Gasteiger charge is -2.13. The minimum absolute atomic E-state index is 0.638. The number of hydrogen-bond donors (Lipinski definition) is 0. The fourth-order valence-corrected chi connectivity index (χ4v) is 9.30. The molecule has 0 radical (unpaired) electrons. The van der Waals surface area contributed by atoms with E-state index in [1.165, 1.54) is 43.7 Å². The smallest absolute Gasteiger partial charge is 0.235 e. The van der Waals surface area contributed by atoms with Crippen molar-refractivity contribution in [3.63, 3.8) is 0 Å². The van der Waals surface area contributed by atoms with Crippen molar-refractivity contribution in [1.82, 2.24) is 18.9 Å². The van der Waals surface area contributed by atoms with Crippen LogP contribution in [0.4, 0.5) is 0 Å². The molecule has 13 rings (SSSR count). The molecule has 0 bridgehead atoms. The van der Waals surface area contributed by atoms with E-state index in [-0.39, 0.29) is 0 Å². The summed E-state index contributed by atoms with van der Waals surface area (Å²) in [6.45, 7) is 0. The molecule has 5 heterocycles. The molecule has 0 aliphatic heterocycles. The summed E-state index contributed by atoms with van der Waals surface area (Å²) in [5.41, 5.74) is 15.0. The van der Waals surface area contributed by atoms with Crippen LogP contribution in [-0.4, -0.2) is 18.9 Å². The van der Waals surface area contributed by atoms with E-state index in [1.807, 2.05) is 0 Å². The van der Waals surface area contributed by atoms with Gasteiger partial charge in [0, 0.05) is 37.9 Å². The number of fused-ring (bicyclic) bond motifs is 5.